The van der Waals surface area contributed by atoms with Crippen LogP contribution in [0.25, 0.3) is 0 Å². The second-order valence-corrected chi connectivity index (χ2v) is 4.68. The number of carboxylic acids is 1. The van der Waals surface area contributed by atoms with Crippen LogP contribution in [0, 0.1) is 0 Å². The van der Waals surface area contributed by atoms with E-state index in [2.05, 4.69) is 5.32 Å². The SMILES string of the molecule is COCCCC(NC(=O)C1(C)CCCO1)C(=O)O. The lowest BCUT2D eigenvalue weighted by atomic mass is 10.0. The molecule has 1 heterocycles. The number of hydrogen-bond donors (Lipinski definition) is 2. The van der Waals surface area contributed by atoms with Gasteiger partial charge >= 0.3 is 5.97 Å². The van der Waals surface area contributed by atoms with Crippen molar-refractivity contribution in [2.45, 2.75) is 44.2 Å². The molecule has 1 aliphatic rings. The fraction of sp³-hybridized carbons (Fsp3) is 0.833. The molecule has 0 aromatic rings. The Balaban J connectivity index is 2.49. The lowest BCUT2D eigenvalue weighted by Crippen LogP contribution is -2.50. The van der Waals surface area contributed by atoms with Crippen LogP contribution >= 0.6 is 0 Å². The molecule has 6 heteroatoms. The first-order valence-electron chi connectivity index (χ1n) is 6.16. The molecule has 0 bridgehead atoms. The molecule has 0 radical (unpaired) electrons. The summed E-state index contributed by atoms with van der Waals surface area (Å²) < 4.78 is 10.2. The number of nitrogens with one attached hydrogen (secondary N) is 1. The fourth-order valence-corrected chi connectivity index (χ4v) is 1.96. The van der Waals surface area contributed by atoms with Gasteiger partial charge in [-0.05, 0) is 32.6 Å². The summed E-state index contributed by atoms with van der Waals surface area (Å²) in [7, 11) is 1.56. The van der Waals surface area contributed by atoms with E-state index in [1.54, 1.807) is 14.0 Å². The zero-order valence-electron chi connectivity index (χ0n) is 10.9. The van der Waals surface area contributed by atoms with Crippen LogP contribution in [0.15, 0.2) is 0 Å². The Bertz CT molecular complexity index is 299. The minimum absolute atomic E-state index is 0.343. The second kappa shape index (κ2) is 6.70. The molecule has 0 aromatic heterocycles. The van der Waals surface area contributed by atoms with Crippen LogP contribution in [0.3, 0.4) is 0 Å². The zero-order valence-corrected chi connectivity index (χ0v) is 10.9. The smallest absolute Gasteiger partial charge is 0.326 e. The Morgan fingerprint density at radius 3 is 2.78 bits per heavy atom. The van der Waals surface area contributed by atoms with Crippen molar-refractivity contribution in [1.82, 2.24) is 5.32 Å². The van der Waals surface area contributed by atoms with Gasteiger partial charge in [-0.15, -0.1) is 0 Å². The highest BCUT2D eigenvalue weighted by molar-refractivity contribution is 5.89. The fourth-order valence-electron chi connectivity index (χ4n) is 1.96. The summed E-state index contributed by atoms with van der Waals surface area (Å²) in [5.74, 6) is -1.37. The van der Waals surface area contributed by atoms with E-state index >= 15 is 0 Å². The van der Waals surface area contributed by atoms with Crippen molar-refractivity contribution in [1.29, 1.82) is 0 Å². The molecule has 1 aliphatic heterocycles. The van der Waals surface area contributed by atoms with Crippen LogP contribution in [-0.4, -0.2) is 48.9 Å². The quantitative estimate of drug-likeness (QED) is 0.652. The number of methoxy groups -OCH3 is 1. The summed E-state index contributed by atoms with van der Waals surface area (Å²) >= 11 is 0. The molecule has 1 saturated heterocycles. The monoisotopic (exact) mass is 259 g/mol. The largest absolute Gasteiger partial charge is 0.480 e. The number of ether oxygens (including phenoxy) is 2. The van der Waals surface area contributed by atoms with Crippen molar-refractivity contribution >= 4 is 11.9 Å². The molecule has 2 N–H and O–H groups in total. The lowest BCUT2D eigenvalue weighted by molar-refractivity contribution is -0.147. The summed E-state index contributed by atoms with van der Waals surface area (Å²) in [5.41, 5.74) is -0.880. The number of amides is 1. The number of hydrogen-bond acceptors (Lipinski definition) is 4. The van der Waals surface area contributed by atoms with E-state index in [0.29, 0.717) is 32.5 Å². The average molecular weight is 259 g/mol. The average Bonchev–Trinajstić information content (AvgIpc) is 2.76. The van der Waals surface area contributed by atoms with Gasteiger partial charge in [-0.3, -0.25) is 4.79 Å². The Kier molecular flexibility index (Phi) is 5.55. The highest BCUT2D eigenvalue weighted by atomic mass is 16.5. The molecule has 1 amide bonds. The van der Waals surface area contributed by atoms with E-state index in [-0.39, 0.29) is 5.91 Å². The first-order valence-corrected chi connectivity index (χ1v) is 6.16. The Morgan fingerprint density at radius 1 is 1.56 bits per heavy atom. The summed E-state index contributed by atoms with van der Waals surface area (Å²) in [5, 5.41) is 11.6. The van der Waals surface area contributed by atoms with Crippen molar-refractivity contribution in [3.05, 3.63) is 0 Å². The van der Waals surface area contributed by atoms with Crippen LogP contribution < -0.4 is 5.32 Å². The van der Waals surface area contributed by atoms with Gasteiger partial charge in [-0.1, -0.05) is 0 Å². The molecule has 0 aliphatic carbocycles. The van der Waals surface area contributed by atoms with E-state index < -0.39 is 17.6 Å². The third-order valence-corrected chi connectivity index (χ3v) is 3.14. The highest BCUT2D eigenvalue weighted by Crippen LogP contribution is 2.25. The van der Waals surface area contributed by atoms with Crippen molar-refractivity contribution in [2.75, 3.05) is 20.3 Å². The van der Waals surface area contributed by atoms with Gasteiger partial charge in [-0.25, -0.2) is 4.79 Å². The Labute approximate surface area is 107 Å². The number of carboxylic acid groups (broad SMARTS) is 1. The molecule has 6 nitrogen and oxygen atoms in total. The second-order valence-electron chi connectivity index (χ2n) is 4.68. The standard InChI is InChI=1S/C12H21NO5/c1-12(6-4-8-18-12)11(16)13-9(10(14)15)5-3-7-17-2/h9H,3-8H2,1-2H3,(H,13,16)(H,14,15). The predicted molar refractivity (Wildman–Crippen MR) is 64.3 cm³/mol. The van der Waals surface area contributed by atoms with Crippen LogP contribution in [0.5, 0.6) is 0 Å². The minimum atomic E-state index is -1.03. The van der Waals surface area contributed by atoms with Gasteiger partial charge in [0.25, 0.3) is 5.91 Å². The summed E-state index contributed by atoms with van der Waals surface area (Å²) in [6, 6.07) is -0.881. The van der Waals surface area contributed by atoms with Crippen LogP contribution in [0.2, 0.25) is 0 Å². The van der Waals surface area contributed by atoms with Gasteiger partial charge < -0.3 is 19.9 Å². The van der Waals surface area contributed by atoms with E-state index in [1.807, 2.05) is 0 Å². The van der Waals surface area contributed by atoms with Crippen molar-refractivity contribution in [3.8, 4) is 0 Å². The van der Waals surface area contributed by atoms with Crippen molar-refractivity contribution < 1.29 is 24.2 Å². The number of aliphatic carboxylic acids is 1. The molecule has 0 saturated carbocycles. The molecular weight excluding hydrogens is 238 g/mol. The van der Waals surface area contributed by atoms with Gasteiger partial charge in [0.1, 0.15) is 11.6 Å². The Morgan fingerprint density at radius 2 is 2.28 bits per heavy atom. The summed E-state index contributed by atoms with van der Waals surface area (Å²) in [6.45, 7) is 2.72. The van der Waals surface area contributed by atoms with Crippen molar-refractivity contribution in [2.24, 2.45) is 0 Å². The molecule has 104 valence electrons. The van der Waals surface area contributed by atoms with E-state index in [4.69, 9.17) is 14.6 Å². The lowest BCUT2D eigenvalue weighted by Gasteiger charge is -2.24. The molecule has 0 spiro atoms. The van der Waals surface area contributed by atoms with Crippen LogP contribution in [0.1, 0.15) is 32.6 Å². The summed E-state index contributed by atoms with van der Waals surface area (Å²) in [4.78, 5) is 23.0. The molecule has 18 heavy (non-hydrogen) atoms. The van der Waals surface area contributed by atoms with Crippen molar-refractivity contribution in [3.63, 3.8) is 0 Å². The molecule has 0 aromatic carbocycles. The van der Waals surface area contributed by atoms with Gasteiger partial charge in [0.2, 0.25) is 0 Å². The Hall–Kier alpha value is -1.14. The van der Waals surface area contributed by atoms with E-state index in [9.17, 15) is 9.59 Å². The van der Waals surface area contributed by atoms with Gasteiger partial charge in [-0.2, -0.15) is 0 Å². The number of carbonyl (C=O) groups is 2. The first-order chi connectivity index (χ1) is 8.49. The highest BCUT2D eigenvalue weighted by Gasteiger charge is 2.39. The maximum Gasteiger partial charge on any atom is 0.326 e. The molecule has 1 rings (SSSR count). The molecule has 2 unspecified atom stereocenters. The van der Waals surface area contributed by atoms with Gasteiger partial charge in [0, 0.05) is 20.3 Å². The third kappa shape index (κ3) is 3.96. The summed E-state index contributed by atoms with van der Waals surface area (Å²) in [6.07, 6.45) is 2.39. The molecule has 2 atom stereocenters. The normalized spacial score (nSPS) is 24.8. The first kappa shape index (κ1) is 14.9. The number of rotatable bonds is 7. The van der Waals surface area contributed by atoms with Gasteiger partial charge in [0.15, 0.2) is 0 Å². The molecule has 1 fully saturated rings. The minimum Gasteiger partial charge on any atom is -0.480 e. The predicted octanol–water partition coefficient (Wildman–Crippen LogP) is 0.552. The number of carbonyl (C=O) groups excluding carboxylic acids is 1. The zero-order chi connectivity index (χ0) is 13.6. The van der Waals surface area contributed by atoms with Gasteiger partial charge in [0.05, 0.1) is 0 Å². The van der Waals surface area contributed by atoms with Crippen LogP contribution in [0.4, 0.5) is 0 Å². The maximum atomic E-state index is 12.0. The maximum absolute atomic E-state index is 12.0. The third-order valence-electron chi connectivity index (χ3n) is 3.14. The molecular formula is C12H21NO5. The topological polar surface area (TPSA) is 84.9 Å². The van der Waals surface area contributed by atoms with E-state index in [0.717, 1.165) is 6.42 Å². The van der Waals surface area contributed by atoms with E-state index in [1.165, 1.54) is 0 Å². The van der Waals surface area contributed by atoms with Crippen LogP contribution in [-0.2, 0) is 19.1 Å².